The van der Waals surface area contributed by atoms with E-state index in [1.54, 1.807) is 36.4 Å². The molecule has 3 heterocycles. The van der Waals surface area contributed by atoms with Gasteiger partial charge < -0.3 is 4.42 Å². The van der Waals surface area contributed by atoms with Gasteiger partial charge in [0.1, 0.15) is 5.76 Å². The quantitative estimate of drug-likeness (QED) is 0.660. The maximum atomic E-state index is 12.7. The summed E-state index contributed by atoms with van der Waals surface area (Å²) in [7, 11) is -3.47. The first-order valence-corrected chi connectivity index (χ1v) is 10.7. The summed E-state index contributed by atoms with van der Waals surface area (Å²) in [6.45, 7) is 1.12. The number of furan rings is 1. The molecule has 0 unspecified atom stereocenters. The van der Waals surface area contributed by atoms with Crippen molar-refractivity contribution in [1.82, 2.24) is 9.29 Å². The number of fused-ring (bicyclic) bond motifs is 1. The summed E-state index contributed by atoms with van der Waals surface area (Å²) in [6, 6.07) is 8.33. The van der Waals surface area contributed by atoms with Crippen molar-refractivity contribution in [1.29, 1.82) is 0 Å². The molecule has 1 saturated heterocycles. The van der Waals surface area contributed by atoms with Gasteiger partial charge in [0, 0.05) is 19.2 Å². The monoisotopic (exact) mass is 403 g/mol. The second-order valence-electron chi connectivity index (χ2n) is 6.10. The number of anilines is 1. The molecular weight excluding hydrogens is 386 g/mol. The average molecular weight is 403 g/mol. The lowest BCUT2D eigenvalue weighted by Gasteiger charge is -2.15. The van der Waals surface area contributed by atoms with E-state index in [4.69, 9.17) is 4.42 Å². The number of amides is 1. The van der Waals surface area contributed by atoms with Gasteiger partial charge in [-0.3, -0.25) is 10.1 Å². The summed E-state index contributed by atoms with van der Waals surface area (Å²) in [6.07, 6.45) is 6.23. The molecule has 9 heteroatoms. The molecule has 27 heavy (non-hydrogen) atoms. The molecule has 1 aliphatic heterocycles. The van der Waals surface area contributed by atoms with E-state index in [1.165, 1.54) is 28.0 Å². The Morgan fingerprint density at radius 2 is 2.07 bits per heavy atom. The molecule has 0 spiro atoms. The van der Waals surface area contributed by atoms with Crippen LogP contribution in [0, 0.1) is 0 Å². The van der Waals surface area contributed by atoms with Crippen molar-refractivity contribution in [2.75, 3.05) is 18.4 Å². The molecule has 7 nitrogen and oxygen atoms in total. The van der Waals surface area contributed by atoms with E-state index in [9.17, 15) is 13.2 Å². The van der Waals surface area contributed by atoms with Crippen LogP contribution in [0.5, 0.6) is 0 Å². The topological polar surface area (TPSA) is 92.5 Å². The molecule has 0 radical (unpaired) electrons. The predicted molar refractivity (Wildman–Crippen MR) is 104 cm³/mol. The summed E-state index contributed by atoms with van der Waals surface area (Å²) in [4.78, 5) is 16.6. The molecule has 1 amide bonds. The Morgan fingerprint density at radius 1 is 1.26 bits per heavy atom. The second-order valence-corrected chi connectivity index (χ2v) is 9.07. The van der Waals surface area contributed by atoms with E-state index in [0.717, 1.165) is 12.8 Å². The number of hydrogen-bond acceptors (Lipinski definition) is 6. The van der Waals surface area contributed by atoms with Crippen LogP contribution in [-0.2, 0) is 14.8 Å². The summed E-state index contributed by atoms with van der Waals surface area (Å²) in [5.74, 6) is 0.238. The van der Waals surface area contributed by atoms with Gasteiger partial charge in [-0.15, -0.1) is 0 Å². The zero-order valence-corrected chi connectivity index (χ0v) is 15.9. The standard InChI is InChI=1S/C18H17N3O4S2/c22-17(8-5-13-4-3-11-25-13)20-18-19-15-7-6-14(12-16(15)26-18)27(23,24)21-9-1-2-10-21/h3-8,11-12H,1-2,9-10H2,(H,19,20,22). The molecule has 1 N–H and O–H groups in total. The molecular formula is C18H17N3O4S2. The zero-order valence-electron chi connectivity index (χ0n) is 14.3. The van der Waals surface area contributed by atoms with Crippen molar-refractivity contribution < 1.29 is 17.6 Å². The molecule has 0 aliphatic carbocycles. The maximum absolute atomic E-state index is 12.7. The molecule has 0 atom stereocenters. The number of nitrogens with zero attached hydrogens (tertiary/aromatic N) is 2. The molecule has 1 aromatic carbocycles. The van der Waals surface area contributed by atoms with Gasteiger partial charge in [0.25, 0.3) is 0 Å². The van der Waals surface area contributed by atoms with Crippen molar-refractivity contribution in [3.8, 4) is 0 Å². The average Bonchev–Trinajstić information content (AvgIpc) is 3.39. The molecule has 1 fully saturated rings. The first-order valence-electron chi connectivity index (χ1n) is 8.46. The molecule has 1 aliphatic rings. The minimum absolute atomic E-state index is 0.260. The van der Waals surface area contributed by atoms with E-state index in [0.29, 0.717) is 34.2 Å². The van der Waals surface area contributed by atoms with E-state index in [-0.39, 0.29) is 10.8 Å². The summed E-state index contributed by atoms with van der Waals surface area (Å²) >= 11 is 1.24. The van der Waals surface area contributed by atoms with Crippen LogP contribution in [0.4, 0.5) is 5.13 Å². The Kier molecular flexibility index (Phi) is 4.81. The highest BCUT2D eigenvalue weighted by atomic mass is 32.2. The van der Waals surface area contributed by atoms with Gasteiger partial charge in [-0.25, -0.2) is 13.4 Å². The first kappa shape index (κ1) is 17.9. The number of hydrogen-bond donors (Lipinski definition) is 1. The number of nitrogens with one attached hydrogen (secondary N) is 1. The number of sulfonamides is 1. The van der Waals surface area contributed by atoms with Gasteiger partial charge in [0.2, 0.25) is 15.9 Å². The van der Waals surface area contributed by atoms with Crippen LogP contribution < -0.4 is 5.32 Å². The molecule has 140 valence electrons. The van der Waals surface area contributed by atoms with Gasteiger partial charge in [-0.1, -0.05) is 11.3 Å². The fraction of sp³-hybridized carbons (Fsp3) is 0.222. The Hall–Kier alpha value is -2.49. The Morgan fingerprint density at radius 3 is 2.81 bits per heavy atom. The Labute approximate surface area is 160 Å². The van der Waals surface area contributed by atoms with Gasteiger partial charge in [0.15, 0.2) is 5.13 Å². The zero-order chi connectivity index (χ0) is 18.9. The van der Waals surface area contributed by atoms with Crippen molar-refractivity contribution in [3.05, 3.63) is 48.4 Å². The molecule has 0 saturated carbocycles. The van der Waals surface area contributed by atoms with Crippen molar-refractivity contribution in [2.24, 2.45) is 0 Å². The Balaban J connectivity index is 1.53. The number of carbonyl (C=O) groups excluding carboxylic acids is 1. The van der Waals surface area contributed by atoms with Crippen LogP contribution in [0.15, 0.2) is 52.0 Å². The van der Waals surface area contributed by atoms with Crippen LogP contribution in [0.3, 0.4) is 0 Å². The summed E-state index contributed by atoms with van der Waals surface area (Å²) < 4.78 is 32.7. The number of thiazole rings is 1. The largest absolute Gasteiger partial charge is 0.465 e. The van der Waals surface area contributed by atoms with Crippen LogP contribution in [0.1, 0.15) is 18.6 Å². The van der Waals surface area contributed by atoms with E-state index in [1.807, 2.05) is 0 Å². The SMILES string of the molecule is O=C(C=Cc1ccco1)Nc1nc2ccc(S(=O)(=O)N3CCCC3)cc2s1. The molecule has 4 rings (SSSR count). The first-order chi connectivity index (χ1) is 13.0. The van der Waals surface area contributed by atoms with E-state index in [2.05, 4.69) is 10.3 Å². The highest BCUT2D eigenvalue weighted by Gasteiger charge is 2.27. The van der Waals surface area contributed by atoms with E-state index >= 15 is 0 Å². The molecule has 3 aromatic rings. The summed E-state index contributed by atoms with van der Waals surface area (Å²) in [5.41, 5.74) is 0.644. The summed E-state index contributed by atoms with van der Waals surface area (Å²) in [5, 5.41) is 3.10. The van der Waals surface area contributed by atoms with Crippen LogP contribution in [-0.4, -0.2) is 36.7 Å². The van der Waals surface area contributed by atoms with Crippen LogP contribution in [0.2, 0.25) is 0 Å². The predicted octanol–water partition coefficient (Wildman–Crippen LogP) is 3.33. The lowest BCUT2D eigenvalue weighted by atomic mass is 10.3. The highest BCUT2D eigenvalue weighted by molar-refractivity contribution is 7.89. The van der Waals surface area contributed by atoms with Crippen molar-refractivity contribution in [3.63, 3.8) is 0 Å². The number of carbonyl (C=O) groups is 1. The van der Waals surface area contributed by atoms with Crippen molar-refractivity contribution in [2.45, 2.75) is 17.7 Å². The smallest absolute Gasteiger partial charge is 0.250 e. The van der Waals surface area contributed by atoms with E-state index < -0.39 is 10.0 Å². The third-order valence-corrected chi connectivity index (χ3v) is 7.06. The van der Waals surface area contributed by atoms with Crippen molar-refractivity contribution >= 4 is 48.7 Å². The van der Waals surface area contributed by atoms with Gasteiger partial charge in [-0.05, 0) is 49.2 Å². The highest BCUT2D eigenvalue weighted by Crippen LogP contribution is 2.30. The normalized spacial score (nSPS) is 15.7. The second kappa shape index (κ2) is 7.26. The minimum atomic E-state index is -3.47. The fourth-order valence-electron chi connectivity index (χ4n) is 2.89. The fourth-order valence-corrected chi connectivity index (χ4v) is 5.41. The lowest BCUT2D eigenvalue weighted by molar-refractivity contribution is -0.111. The Bertz CT molecular complexity index is 1100. The number of rotatable bonds is 5. The molecule has 2 aromatic heterocycles. The maximum Gasteiger partial charge on any atom is 0.250 e. The molecule has 0 bridgehead atoms. The van der Waals surface area contributed by atoms with Crippen LogP contribution >= 0.6 is 11.3 Å². The third kappa shape index (κ3) is 3.80. The third-order valence-electron chi connectivity index (χ3n) is 4.23. The minimum Gasteiger partial charge on any atom is -0.465 e. The van der Waals surface area contributed by atoms with Gasteiger partial charge in [-0.2, -0.15) is 4.31 Å². The number of aromatic nitrogens is 1. The van der Waals surface area contributed by atoms with Crippen LogP contribution in [0.25, 0.3) is 16.3 Å². The van der Waals surface area contributed by atoms with Gasteiger partial charge >= 0.3 is 0 Å². The van der Waals surface area contributed by atoms with Gasteiger partial charge in [0.05, 0.1) is 21.4 Å². The lowest BCUT2D eigenvalue weighted by Crippen LogP contribution is -2.27. The number of benzene rings is 1.